The monoisotopic (exact) mass is 367 g/mol. The van der Waals surface area contributed by atoms with E-state index in [1.807, 2.05) is 0 Å². The Morgan fingerprint density at radius 3 is 2.37 bits per heavy atom. The SMILES string of the molecule is CCOC(=O)c1ccc(/C(N)=C2/C(=O)Oc3c(OC)cccc3C2=O)cc1. The number of carbonyl (C=O) groups excluding carboxylic acids is 3. The Morgan fingerprint density at radius 1 is 1.07 bits per heavy atom. The van der Waals surface area contributed by atoms with Crippen molar-refractivity contribution in [2.75, 3.05) is 13.7 Å². The first-order valence-electron chi connectivity index (χ1n) is 8.19. The molecule has 1 aliphatic heterocycles. The molecule has 0 spiro atoms. The number of ether oxygens (including phenoxy) is 3. The van der Waals surface area contributed by atoms with E-state index >= 15 is 0 Å². The highest BCUT2D eigenvalue weighted by Gasteiger charge is 2.35. The van der Waals surface area contributed by atoms with Gasteiger partial charge in [-0.3, -0.25) is 4.79 Å². The molecule has 0 aromatic heterocycles. The zero-order valence-corrected chi connectivity index (χ0v) is 14.8. The minimum atomic E-state index is -0.857. The molecule has 0 saturated heterocycles. The lowest BCUT2D eigenvalue weighted by molar-refractivity contribution is -0.130. The molecule has 3 rings (SSSR count). The second kappa shape index (κ2) is 7.33. The van der Waals surface area contributed by atoms with Crippen LogP contribution in [0.3, 0.4) is 0 Å². The molecule has 1 heterocycles. The normalized spacial score (nSPS) is 14.9. The van der Waals surface area contributed by atoms with Gasteiger partial charge in [0.15, 0.2) is 11.5 Å². The first-order chi connectivity index (χ1) is 13.0. The molecule has 0 bridgehead atoms. The molecule has 7 nitrogen and oxygen atoms in total. The van der Waals surface area contributed by atoms with E-state index in [9.17, 15) is 14.4 Å². The topological polar surface area (TPSA) is 105 Å². The smallest absolute Gasteiger partial charge is 0.349 e. The fourth-order valence-electron chi connectivity index (χ4n) is 2.71. The largest absolute Gasteiger partial charge is 0.493 e. The van der Waals surface area contributed by atoms with Gasteiger partial charge in [0.05, 0.1) is 30.5 Å². The van der Waals surface area contributed by atoms with Crippen molar-refractivity contribution in [3.63, 3.8) is 0 Å². The first-order valence-corrected chi connectivity index (χ1v) is 8.19. The Morgan fingerprint density at radius 2 is 1.74 bits per heavy atom. The maximum absolute atomic E-state index is 12.8. The van der Waals surface area contributed by atoms with E-state index in [2.05, 4.69) is 0 Å². The number of para-hydroxylation sites is 1. The number of hydrogen-bond acceptors (Lipinski definition) is 7. The van der Waals surface area contributed by atoms with Gasteiger partial charge >= 0.3 is 11.9 Å². The number of methoxy groups -OCH3 is 1. The van der Waals surface area contributed by atoms with Crippen LogP contribution in [-0.2, 0) is 9.53 Å². The van der Waals surface area contributed by atoms with Gasteiger partial charge in [-0.2, -0.15) is 0 Å². The van der Waals surface area contributed by atoms with Gasteiger partial charge in [0.25, 0.3) is 0 Å². The molecule has 0 unspecified atom stereocenters. The van der Waals surface area contributed by atoms with Crippen molar-refractivity contribution in [2.45, 2.75) is 6.92 Å². The number of carbonyl (C=O) groups is 3. The molecule has 2 aromatic rings. The number of Topliss-reactive ketones (excluding diaryl/α,β-unsaturated/α-hetero) is 1. The highest BCUT2D eigenvalue weighted by molar-refractivity contribution is 6.31. The molecule has 0 fully saturated rings. The highest BCUT2D eigenvalue weighted by Crippen LogP contribution is 2.37. The van der Waals surface area contributed by atoms with Crippen LogP contribution >= 0.6 is 0 Å². The molecule has 2 N–H and O–H groups in total. The Labute approximate surface area is 155 Å². The van der Waals surface area contributed by atoms with Gasteiger partial charge in [-0.15, -0.1) is 0 Å². The van der Waals surface area contributed by atoms with Crippen LogP contribution in [0.2, 0.25) is 0 Å². The third-order valence-electron chi connectivity index (χ3n) is 4.05. The molecule has 1 aliphatic rings. The van der Waals surface area contributed by atoms with Crippen molar-refractivity contribution >= 4 is 23.4 Å². The van der Waals surface area contributed by atoms with Gasteiger partial charge in [0, 0.05) is 0 Å². The van der Waals surface area contributed by atoms with Crippen LogP contribution in [0.5, 0.6) is 11.5 Å². The lowest BCUT2D eigenvalue weighted by Gasteiger charge is -2.20. The molecule has 0 saturated carbocycles. The van der Waals surface area contributed by atoms with Crippen LogP contribution in [0.15, 0.2) is 48.0 Å². The summed E-state index contributed by atoms with van der Waals surface area (Å²) in [6, 6.07) is 10.8. The van der Waals surface area contributed by atoms with Gasteiger partial charge in [0.2, 0.25) is 5.78 Å². The molecule has 0 amide bonds. The van der Waals surface area contributed by atoms with E-state index in [4.69, 9.17) is 19.9 Å². The van der Waals surface area contributed by atoms with Crippen LogP contribution in [0.1, 0.15) is 33.2 Å². The predicted octanol–water partition coefficient (Wildman–Crippen LogP) is 2.34. The summed E-state index contributed by atoms with van der Waals surface area (Å²) in [5.41, 5.74) is 6.72. The fraction of sp³-hybridized carbons (Fsp3) is 0.150. The first kappa shape index (κ1) is 18.2. The summed E-state index contributed by atoms with van der Waals surface area (Å²) in [6.45, 7) is 1.97. The summed E-state index contributed by atoms with van der Waals surface area (Å²) in [7, 11) is 1.42. The lowest BCUT2D eigenvalue weighted by atomic mass is 9.95. The van der Waals surface area contributed by atoms with Crippen LogP contribution in [0.4, 0.5) is 0 Å². The van der Waals surface area contributed by atoms with Crippen LogP contribution in [0.25, 0.3) is 5.70 Å². The number of rotatable bonds is 4. The minimum absolute atomic E-state index is 0.0334. The number of esters is 2. The van der Waals surface area contributed by atoms with Crippen LogP contribution < -0.4 is 15.2 Å². The molecule has 2 aromatic carbocycles. The molecule has 0 radical (unpaired) electrons. The summed E-state index contributed by atoms with van der Waals surface area (Å²) in [4.78, 5) is 36.9. The van der Waals surface area contributed by atoms with Gasteiger partial charge in [0.1, 0.15) is 5.57 Å². The van der Waals surface area contributed by atoms with Gasteiger partial charge < -0.3 is 19.9 Å². The molecule has 27 heavy (non-hydrogen) atoms. The number of nitrogens with two attached hydrogens (primary N) is 1. The lowest BCUT2D eigenvalue weighted by Crippen LogP contribution is -2.28. The second-order valence-electron chi connectivity index (χ2n) is 5.64. The average Bonchev–Trinajstić information content (AvgIpc) is 2.67. The molecule has 7 heteroatoms. The standard InChI is InChI=1S/C20H17NO6/c1-3-26-19(23)12-9-7-11(8-10-12)16(21)15-17(22)13-5-4-6-14(25-2)18(13)27-20(15)24/h4-10H,3,21H2,1-2H3/b16-15-. The minimum Gasteiger partial charge on any atom is -0.493 e. The Balaban J connectivity index is 2.01. The third-order valence-corrected chi connectivity index (χ3v) is 4.05. The van der Waals surface area contributed by atoms with E-state index in [-0.39, 0.29) is 34.9 Å². The number of benzene rings is 2. The van der Waals surface area contributed by atoms with Crippen molar-refractivity contribution in [2.24, 2.45) is 5.73 Å². The maximum Gasteiger partial charge on any atom is 0.349 e. The molecular formula is C20H17NO6. The average molecular weight is 367 g/mol. The summed E-state index contributed by atoms with van der Waals surface area (Å²) in [6.07, 6.45) is 0. The van der Waals surface area contributed by atoms with Crippen molar-refractivity contribution < 1.29 is 28.6 Å². The molecular weight excluding hydrogens is 350 g/mol. The van der Waals surface area contributed by atoms with E-state index in [0.717, 1.165) is 0 Å². The quantitative estimate of drug-likeness (QED) is 0.383. The Bertz CT molecular complexity index is 959. The van der Waals surface area contributed by atoms with Crippen molar-refractivity contribution in [1.82, 2.24) is 0 Å². The number of fused-ring (bicyclic) bond motifs is 1. The second-order valence-corrected chi connectivity index (χ2v) is 5.64. The van der Waals surface area contributed by atoms with Gasteiger partial charge in [-0.1, -0.05) is 18.2 Å². The van der Waals surface area contributed by atoms with Gasteiger partial charge in [-0.05, 0) is 36.8 Å². The fourth-order valence-corrected chi connectivity index (χ4v) is 2.71. The van der Waals surface area contributed by atoms with Crippen molar-refractivity contribution in [3.8, 4) is 11.5 Å². The van der Waals surface area contributed by atoms with E-state index in [0.29, 0.717) is 11.1 Å². The Kier molecular flexibility index (Phi) is 4.94. The predicted molar refractivity (Wildman–Crippen MR) is 96.5 cm³/mol. The van der Waals surface area contributed by atoms with Crippen LogP contribution in [-0.4, -0.2) is 31.4 Å². The van der Waals surface area contributed by atoms with Gasteiger partial charge in [-0.25, -0.2) is 9.59 Å². The summed E-state index contributed by atoms with van der Waals surface area (Å²) >= 11 is 0. The number of ketones is 1. The van der Waals surface area contributed by atoms with E-state index in [1.165, 1.54) is 37.4 Å². The van der Waals surface area contributed by atoms with E-state index < -0.39 is 17.7 Å². The summed E-state index contributed by atoms with van der Waals surface area (Å²) in [5, 5.41) is 0. The van der Waals surface area contributed by atoms with Crippen molar-refractivity contribution in [1.29, 1.82) is 0 Å². The maximum atomic E-state index is 12.8. The molecule has 138 valence electrons. The van der Waals surface area contributed by atoms with Crippen molar-refractivity contribution in [3.05, 3.63) is 64.7 Å². The highest BCUT2D eigenvalue weighted by atomic mass is 16.6. The Hall–Kier alpha value is -3.61. The van der Waals surface area contributed by atoms with Crippen LogP contribution in [0, 0.1) is 0 Å². The summed E-state index contributed by atoms with van der Waals surface area (Å²) in [5.74, 6) is -1.52. The third kappa shape index (κ3) is 3.27. The van der Waals surface area contributed by atoms with E-state index in [1.54, 1.807) is 19.1 Å². The molecule has 0 atom stereocenters. The number of hydrogen-bond donors (Lipinski definition) is 1. The zero-order valence-electron chi connectivity index (χ0n) is 14.8. The zero-order chi connectivity index (χ0) is 19.6. The summed E-state index contributed by atoms with van der Waals surface area (Å²) < 4.78 is 15.3. The molecule has 0 aliphatic carbocycles.